The van der Waals surface area contributed by atoms with Crippen LogP contribution in [0.1, 0.15) is 6.92 Å². The van der Waals surface area contributed by atoms with Crippen molar-refractivity contribution in [2.75, 3.05) is 7.05 Å². The average molecular weight is 117 g/mol. The third-order valence-corrected chi connectivity index (χ3v) is 0.569. The molecule has 0 radical (unpaired) electrons. The molecule has 0 aliphatic heterocycles. The zero-order valence-electron chi connectivity index (χ0n) is 4.86. The minimum atomic E-state index is -0.600. The number of nitrogens with one attached hydrogen (secondary N) is 1. The molecule has 0 aromatic rings. The fourth-order valence-electron chi connectivity index (χ4n) is 0.251. The molecule has 0 aliphatic rings. The lowest BCUT2D eigenvalue weighted by molar-refractivity contribution is -0.112. The molecule has 0 heterocycles. The maximum Gasteiger partial charge on any atom is 0.190 e. The van der Waals surface area contributed by atoms with E-state index in [1.54, 1.807) is 0 Å². The molecule has 0 aromatic carbocycles. The van der Waals surface area contributed by atoms with E-state index in [1.807, 2.05) is 0 Å². The van der Waals surface area contributed by atoms with Gasteiger partial charge in [0.15, 0.2) is 11.7 Å². The summed E-state index contributed by atoms with van der Waals surface area (Å²) in [5.74, 6) is -0.894. The predicted molar refractivity (Wildman–Crippen MR) is 28.9 cm³/mol. The Morgan fingerprint density at radius 1 is 1.75 bits per heavy atom. The van der Waals surface area contributed by atoms with Crippen LogP contribution in [0.15, 0.2) is 12.0 Å². The van der Waals surface area contributed by atoms with Crippen molar-refractivity contribution in [1.82, 2.24) is 5.32 Å². The summed E-state index contributed by atoms with van der Waals surface area (Å²) in [6, 6.07) is 0. The van der Waals surface area contributed by atoms with Crippen LogP contribution in [-0.4, -0.2) is 12.8 Å². The van der Waals surface area contributed by atoms with Gasteiger partial charge in [-0.2, -0.15) is 4.39 Å². The van der Waals surface area contributed by atoms with Crippen molar-refractivity contribution < 1.29 is 9.18 Å². The first-order valence-electron chi connectivity index (χ1n) is 2.22. The minimum absolute atomic E-state index is 0.295. The van der Waals surface area contributed by atoms with Gasteiger partial charge in [0, 0.05) is 13.1 Å². The van der Waals surface area contributed by atoms with Gasteiger partial charge in [0.1, 0.15) is 0 Å². The molecule has 0 aromatic heterocycles. The highest BCUT2D eigenvalue weighted by Crippen LogP contribution is 1.86. The van der Waals surface area contributed by atoms with Crippen LogP contribution >= 0.6 is 0 Å². The topological polar surface area (TPSA) is 29.1 Å². The highest BCUT2D eigenvalue weighted by Gasteiger charge is 1.88. The van der Waals surface area contributed by atoms with E-state index in [9.17, 15) is 9.18 Å². The Labute approximate surface area is 47.4 Å². The predicted octanol–water partition coefficient (Wildman–Crippen LogP) is 0.606. The third-order valence-electron chi connectivity index (χ3n) is 0.569. The summed E-state index contributed by atoms with van der Waals surface area (Å²) in [4.78, 5) is 10.1. The molecule has 0 aliphatic carbocycles. The standard InChI is InChI=1S/C5H8FNO/c1-4(8)3-5(6)7-2/h3,7H,1-2H3/b5-3-. The molecule has 8 heavy (non-hydrogen) atoms. The van der Waals surface area contributed by atoms with Crippen molar-refractivity contribution in [1.29, 1.82) is 0 Å². The Kier molecular flexibility index (Phi) is 2.84. The molecule has 0 bridgehead atoms. The van der Waals surface area contributed by atoms with Gasteiger partial charge in [0.05, 0.1) is 0 Å². The van der Waals surface area contributed by atoms with E-state index in [-0.39, 0.29) is 5.78 Å². The number of rotatable bonds is 2. The second-order valence-electron chi connectivity index (χ2n) is 1.35. The molecule has 46 valence electrons. The fourth-order valence-corrected chi connectivity index (χ4v) is 0.251. The number of carbonyl (C=O) groups is 1. The van der Waals surface area contributed by atoms with Gasteiger partial charge in [-0.3, -0.25) is 4.79 Å². The molecule has 0 atom stereocenters. The molecule has 3 heteroatoms. The second-order valence-corrected chi connectivity index (χ2v) is 1.35. The summed E-state index contributed by atoms with van der Waals surface area (Å²) < 4.78 is 11.9. The monoisotopic (exact) mass is 117 g/mol. The smallest absolute Gasteiger partial charge is 0.190 e. The summed E-state index contributed by atoms with van der Waals surface area (Å²) in [5.41, 5.74) is 0. The van der Waals surface area contributed by atoms with E-state index in [2.05, 4.69) is 5.32 Å². The number of hydrogen-bond acceptors (Lipinski definition) is 2. The molecule has 0 unspecified atom stereocenters. The molecule has 0 saturated heterocycles. The number of hydrogen-bond donors (Lipinski definition) is 1. The number of ketones is 1. The zero-order chi connectivity index (χ0) is 6.57. The van der Waals surface area contributed by atoms with Gasteiger partial charge in [0.2, 0.25) is 0 Å². The van der Waals surface area contributed by atoms with Gasteiger partial charge >= 0.3 is 0 Å². The van der Waals surface area contributed by atoms with Crippen LogP contribution in [0.2, 0.25) is 0 Å². The number of allylic oxidation sites excluding steroid dienone is 1. The van der Waals surface area contributed by atoms with Crippen molar-refractivity contribution in [3.63, 3.8) is 0 Å². The van der Waals surface area contributed by atoms with Crippen LogP contribution in [0.4, 0.5) is 4.39 Å². The molecular formula is C5H8FNO. The molecule has 1 N–H and O–H groups in total. The van der Waals surface area contributed by atoms with Crippen LogP contribution < -0.4 is 5.32 Å². The molecule has 0 fully saturated rings. The first kappa shape index (κ1) is 7.14. The lowest BCUT2D eigenvalue weighted by Gasteiger charge is -1.88. The fraction of sp³-hybridized carbons (Fsp3) is 0.400. The second kappa shape index (κ2) is 3.18. The quantitative estimate of drug-likeness (QED) is 0.424. The number of carbonyl (C=O) groups excluding carboxylic acids is 1. The van der Waals surface area contributed by atoms with Gasteiger partial charge in [-0.1, -0.05) is 0 Å². The Bertz CT molecular complexity index is 120. The van der Waals surface area contributed by atoms with Crippen LogP contribution in [0.25, 0.3) is 0 Å². The van der Waals surface area contributed by atoms with E-state index in [1.165, 1.54) is 14.0 Å². The maximum atomic E-state index is 11.9. The Morgan fingerprint density at radius 3 is 2.38 bits per heavy atom. The summed E-state index contributed by atoms with van der Waals surface area (Å²) >= 11 is 0. The third kappa shape index (κ3) is 3.33. The summed E-state index contributed by atoms with van der Waals surface area (Å²) in [7, 11) is 1.41. The highest BCUT2D eigenvalue weighted by atomic mass is 19.1. The minimum Gasteiger partial charge on any atom is -0.365 e. The van der Waals surface area contributed by atoms with Crippen LogP contribution in [-0.2, 0) is 4.79 Å². The van der Waals surface area contributed by atoms with Crippen molar-refractivity contribution in [2.45, 2.75) is 6.92 Å². The lowest BCUT2D eigenvalue weighted by atomic mass is 10.4. The molecule has 0 spiro atoms. The van der Waals surface area contributed by atoms with E-state index in [4.69, 9.17) is 0 Å². The van der Waals surface area contributed by atoms with Crippen molar-refractivity contribution >= 4 is 5.78 Å². The summed E-state index contributed by atoms with van der Waals surface area (Å²) in [6.07, 6.45) is 0.889. The van der Waals surface area contributed by atoms with Gasteiger partial charge in [-0.15, -0.1) is 0 Å². The molecule has 0 saturated carbocycles. The first-order chi connectivity index (χ1) is 3.66. The van der Waals surface area contributed by atoms with E-state index < -0.39 is 5.95 Å². The highest BCUT2D eigenvalue weighted by molar-refractivity contribution is 5.87. The van der Waals surface area contributed by atoms with Crippen molar-refractivity contribution in [3.05, 3.63) is 12.0 Å². The van der Waals surface area contributed by atoms with Crippen molar-refractivity contribution in [3.8, 4) is 0 Å². The maximum absolute atomic E-state index is 11.9. The zero-order valence-corrected chi connectivity index (χ0v) is 4.86. The Morgan fingerprint density at radius 2 is 2.25 bits per heavy atom. The summed E-state index contributed by atoms with van der Waals surface area (Å²) in [6.45, 7) is 1.29. The van der Waals surface area contributed by atoms with E-state index in [0.29, 0.717) is 0 Å². The van der Waals surface area contributed by atoms with Gasteiger partial charge in [0.25, 0.3) is 0 Å². The lowest BCUT2D eigenvalue weighted by Crippen LogP contribution is -2.01. The molecule has 0 rings (SSSR count). The molecule has 0 amide bonds. The van der Waals surface area contributed by atoms with E-state index >= 15 is 0 Å². The molecular weight excluding hydrogens is 109 g/mol. The van der Waals surface area contributed by atoms with Crippen LogP contribution in [0.3, 0.4) is 0 Å². The Balaban J connectivity index is 3.75. The first-order valence-corrected chi connectivity index (χ1v) is 2.22. The Hall–Kier alpha value is -0.860. The van der Waals surface area contributed by atoms with Gasteiger partial charge < -0.3 is 5.32 Å². The SMILES string of the molecule is CN/C(F)=C\C(C)=O. The number of halogens is 1. The van der Waals surface area contributed by atoms with Crippen LogP contribution in [0, 0.1) is 0 Å². The molecule has 2 nitrogen and oxygen atoms in total. The van der Waals surface area contributed by atoms with Gasteiger partial charge in [-0.05, 0) is 6.92 Å². The average Bonchev–Trinajstić information content (AvgIpc) is 1.65. The summed E-state index contributed by atoms with van der Waals surface area (Å²) in [5, 5.41) is 2.17. The van der Waals surface area contributed by atoms with E-state index in [0.717, 1.165) is 6.08 Å². The van der Waals surface area contributed by atoms with Crippen LogP contribution in [0.5, 0.6) is 0 Å². The largest absolute Gasteiger partial charge is 0.365 e. The normalized spacial score (nSPS) is 11.1. The van der Waals surface area contributed by atoms with Gasteiger partial charge in [-0.25, -0.2) is 0 Å². The van der Waals surface area contributed by atoms with Crippen molar-refractivity contribution in [2.24, 2.45) is 0 Å².